The van der Waals surface area contributed by atoms with Gasteiger partial charge in [-0.25, -0.2) is 0 Å². The van der Waals surface area contributed by atoms with E-state index in [1.807, 2.05) is 0 Å². The normalized spacial score (nSPS) is 12.4. The van der Waals surface area contributed by atoms with Crippen LogP contribution in [0.3, 0.4) is 0 Å². The first kappa shape index (κ1) is 40.4. The first-order chi connectivity index (χ1) is 20.6. The Labute approximate surface area is 260 Å². The van der Waals surface area contributed by atoms with Crippen molar-refractivity contribution in [3.8, 4) is 0 Å². The Morgan fingerprint density at radius 1 is 0.524 bits per heavy atom. The molecule has 0 fully saturated rings. The van der Waals surface area contributed by atoms with Gasteiger partial charge in [0.1, 0.15) is 6.61 Å². The molecule has 246 valence electrons. The molecule has 5 nitrogen and oxygen atoms in total. The summed E-state index contributed by atoms with van der Waals surface area (Å²) >= 11 is 0. The molecule has 1 atom stereocenters. The van der Waals surface area contributed by atoms with Gasteiger partial charge in [-0.2, -0.15) is 0 Å². The van der Waals surface area contributed by atoms with Gasteiger partial charge in [0.2, 0.25) is 0 Å². The maximum atomic E-state index is 12.1. The lowest BCUT2D eigenvalue weighted by Gasteiger charge is -2.15. The van der Waals surface area contributed by atoms with Crippen LogP contribution in [0.5, 0.6) is 0 Å². The maximum absolute atomic E-state index is 12.1. The van der Waals surface area contributed by atoms with Gasteiger partial charge >= 0.3 is 11.9 Å². The summed E-state index contributed by atoms with van der Waals surface area (Å²) in [5.41, 5.74) is 0. The highest BCUT2D eigenvalue weighted by Gasteiger charge is 2.16. The van der Waals surface area contributed by atoms with E-state index in [-0.39, 0.29) is 25.2 Å². The number of esters is 2. The Morgan fingerprint density at radius 2 is 0.881 bits per heavy atom. The third-order valence-corrected chi connectivity index (χ3v) is 7.72. The van der Waals surface area contributed by atoms with E-state index in [4.69, 9.17) is 9.47 Å². The summed E-state index contributed by atoms with van der Waals surface area (Å²) in [4.78, 5) is 24.1. The second-order valence-corrected chi connectivity index (χ2v) is 11.9. The molecule has 0 aromatic carbocycles. The van der Waals surface area contributed by atoms with Crippen molar-refractivity contribution in [3.05, 3.63) is 24.3 Å². The molecule has 1 N–H and O–H groups in total. The van der Waals surface area contributed by atoms with E-state index in [1.165, 1.54) is 103 Å². The predicted octanol–water partition coefficient (Wildman–Crippen LogP) is 10.7. The summed E-state index contributed by atoms with van der Waals surface area (Å²) in [6, 6.07) is 0. The van der Waals surface area contributed by atoms with Gasteiger partial charge in [0.25, 0.3) is 0 Å². The second kappa shape index (κ2) is 33.9. The minimum absolute atomic E-state index is 0.0712. The molecule has 0 radical (unpaired) electrons. The van der Waals surface area contributed by atoms with Crippen LogP contribution in [0, 0.1) is 0 Å². The Hall–Kier alpha value is -1.62. The third-order valence-electron chi connectivity index (χ3n) is 7.72. The summed E-state index contributed by atoms with van der Waals surface area (Å²) in [6.45, 7) is 4.09. The molecule has 1 unspecified atom stereocenters. The number of carbonyl (C=O) groups excluding carboxylic acids is 2. The third kappa shape index (κ3) is 31.3. The van der Waals surface area contributed by atoms with Crippen molar-refractivity contribution in [3.63, 3.8) is 0 Å². The lowest BCUT2D eigenvalue weighted by Crippen LogP contribution is -2.28. The number of allylic oxidation sites excluding steroid dienone is 4. The smallest absolute Gasteiger partial charge is 0.306 e. The van der Waals surface area contributed by atoms with Crippen molar-refractivity contribution < 1.29 is 24.2 Å². The van der Waals surface area contributed by atoms with Crippen LogP contribution in [0.1, 0.15) is 181 Å². The molecule has 0 saturated carbocycles. The molecule has 0 aliphatic carbocycles. The standard InChI is InChI=1S/C37H68O5/c1-3-5-7-9-11-13-15-17-18-20-21-23-25-27-29-31-36(39)41-34-35(33-38)42-37(40)32-30-28-26-24-22-19-16-14-12-10-8-6-4-2/h14,16-18,35,38H,3-13,15,19-34H2,1-2H3. The summed E-state index contributed by atoms with van der Waals surface area (Å²) in [5.74, 6) is -0.609. The van der Waals surface area contributed by atoms with Crippen molar-refractivity contribution in [1.82, 2.24) is 0 Å². The molecule has 5 heteroatoms. The number of aliphatic hydroxyl groups excluding tert-OH is 1. The van der Waals surface area contributed by atoms with Crippen molar-refractivity contribution in [2.24, 2.45) is 0 Å². The van der Waals surface area contributed by atoms with Crippen molar-refractivity contribution in [2.45, 2.75) is 187 Å². The monoisotopic (exact) mass is 593 g/mol. The van der Waals surface area contributed by atoms with Crippen LogP contribution in [-0.4, -0.2) is 36.4 Å². The molecule has 0 rings (SSSR count). The zero-order valence-electron chi connectivity index (χ0n) is 27.8. The summed E-state index contributed by atoms with van der Waals surface area (Å²) in [5, 5.41) is 9.51. The summed E-state index contributed by atoms with van der Waals surface area (Å²) < 4.78 is 10.6. The van der Waals surface area contributed by atoms with Crippen LogP contribution < -0.4 is 0 Å². The van der Waals surface area contributed by atoms with Gasteiger partial charge in [0.05, 0.1) is 6.61 Å². The number of rotatable bonds is 32. The molecule has 0 aromatic rings. The fourth-order valence-electron chi connectivity index (χ4n) is 4.95. The number of carbonyl (C=O) groups is 2. The molecular formula is C37H68O5. The molecule has 0 spiro atoms. The van der Waals surface area contributed by atoms with Crippen LogP contribution in [0.2, 0.25) is 0 Å². The fourth-order valence-corrected chi connectivity index (χ4v) is 4.95. The Bertz CT molecular complexity index is 642. The van der Waals surface area contributed by atoms with E-state index >= 15 is 0 Å². The summed E-state index contributed by atoms with van der Waals surface area (Å²) in [7, 11) is 0. The van der Waals surface area contributed by atoms with Crippen molar-refractivity contribution >= 4 is 11.9 Å². The van der Waals surface area contributed by atoms with Crippen molar-refractivity contribution in [1.29, 1.82) is 0 Å². The SMILES string of the molecule is CCCCCCC=CCCCCCCCC(=O)OC(CO)COC(=O)CCCCCCCC=CCCCCCCCC. The van der Waals surface area contributed by atoms with Crippen LogP contribution >= 0.6 is 0 Å². The zero-order valence-corrected chi connectivity index (χ0v) is 27.8. The molecule has 0 aliphatic heterocycles. The molecular weight excluding hydrogens is 524 g/mol. The van der Waals surface area contributed by atoms with Crippen LogP contribution in [0.4, 0.5) is 0 Å². The van der Waals surface area contributed by atoms with Gasteiger partial charge in [-0.1, -0.05) is 128 Å². The lowest BCUT2D eigenvalue weighted by molar-refractivity contribution is -0.161. The Kier molecular flexibility index (Phi) is 32.6. The van der Waals surface area contributed by atoms with E-state index in [2.05, 4.69) is 38.2 Å². The van der Waals surface area contributed by atoms with E-state index in [0.717, 1.165) is 51.4 Å². The minimum atomic E-state index is -0.774. The highest BCUT2D eigenvalue weighted by molar-refractivity contribution is 5.70. The van der Waals surface area contributed by atoms with Gasteiger partial charge < -0.3 is 14.6 Å². The van der Waals surface area contributed by atoms with E-state index in [1.54, 1.807) is 0 Å². The number of hydrogen-bond donors (Lipinski definition) is 1. The maximum Gasteiger partial charge on any atom is 0.306 e. The number of aliphatic hydroxyl groups is 1. The van der Waals surface area contributed by atoms with Crippen LogP contribution in [0.25, 0.3) is 0 Å². The van der Waals surface area contributed by atoms with Gasteiger partial charge in [0.15, 0.2) is 6.10 Å². The second-order valence-electron chi connectivity index (χ2n) is 11.9. The predicted molar refractivity (Wildman–Crippen MR) is 178 cm³/mol. The summed E-state index contributed by atoms with van der Waals surface area (Å²) in [6.07, 6.45) is 38.0. The van der Waals surface area contributed by atoms with Gasteiger partial charge in [-0.05, 0) is 64.2 Å². The molecule has 0 aliphatic rings. The quantitative estimate of drug-likeness (QED) is 0.0478. The highest BCUT2D eigenvalue weighted by atomic mass is 16.6. The van der Waals surface area contributed by atoms with Gasteiger partial charge in [-0.15, -0.1) is 0 Å². The molecule has 0 saturated heterocycles. The van der Waals surface area contributed by atoms with E-state index in [9.17, 15) is 14.7 Å². The van der Waals surface area contributed by atoms with Crippen molar-refractivity contribution in [2.75, 3.05) is 13.2 Å². The minimum Gasteiger partial charge on any atom is -0.462 e. The first-order valence-electron chi connectivity index (χ1n) is 17.9. The molecule has 0 heterocycles. The van der Waals surface area contributed by atoms with E-state index in [0.29, 0.717) is 12.8 Å². The molecule has 42 heavy (non-hydrogen) atoms. The molecule has 0 bridgehead atoms. The molecule has 0 aromatic heterocycles. The van der Waals surface area contributed by atoms with E-state index < -0.39 is 6.10 Å². The lowest BCUT2D eigenvalue weighted by atomic mass is 10.1. The number of unbranched alkanes of at least 4 members (excludes halogenated alkanes) is 20. The fraction of sp³-hybridized carbons (Fsp3) is 0.838. The van der Waals surface area contributed by atoms with Crippen LogP contribution in [0.15, 0.2) is 24.3 Å². The topological polar surface area (TPSA) is 72.8 Å². The first-order valence-corrected chi connectivity index (χ1v) is 17.9. The Morgan fingerprint density at radius 3 is 1.31 bits per heavy atom. The number of ether oxygens (including phenoxy) is 2. The van der Waals surface area contributed by atoms with Gasteiger partial charge in [-0.3, -0.25) is 9.59 Å². The average Bonchev–Trinajstić information content (AvgIpc) is 2.99. The number of hydrogen-bond acceptors (Lipinski definition) is 5. The molecule has 0 amide bonds. The van der Waals surface area contributed by atoms with Gasteiger partial charge in [0, 0.05) is 12.8 Å². The highest BCUT2D eigenvalue weighted by Crippen LogP contribution is 2.12. The Balaban J connectivity index is 3.59. The zero-order chi connectivity index (χ0) is 30.8. The van der Waals surface area contributed by atoms with Crippen LogP contribution in [-0.2, 0) is 19.1 Å². The average molecular weight is 593 g/mol. The largest absolute Gasteiger partial charge is 0.462 e.